The minimum atomic E-state index is -0.177. The number of rotatable bonds is 6. The summed E-state index contributed by atoms with van der Waals surface area (Å²) in [5.74, 6) is -0.177. The molecule has 0 radical (unpaired) electrons. The molecule has 2 aromatic heterocycles. The Morgan fingerprint density at radius 1 is 1.03 bits per heavy atom. The van der Waals surface area contributed by atoms with Gasteiger partial charge in [0, 0.05) is 16.2 Å². The Kier molecular flexibility index (Phi) is 6.25. The topological polar surface area (TPSA) is 64.7 Å². The maximum absolute atomic E-state index is 12.6. The maximum Gasteiger partial charge on any atom is 0.255 e. The number of nitrogens with one attached hydrogen (secondary N) is 1. The number of nitrogens with zero attached hydrogens (tertiary/aromatic N) is 4. The summed E-state index contributed by atoms with van der Waals surface area (Å²) in [5, 5.41) is 12.4. The molecule has 0 spiro atoms. The Balaban J connectivity index is 1.38. The lowest BCUT2D eigenvalue weighted by atomic mass is 10.1. The summed E-state index contributed by atoms with van der Waals surface area (Å²) < 4.78 is 4.70. The molecule has 0 unspecified atom stereocenters. The zero-order valence-corrected chi connectivity index (χ0v) is 19.5. The van der Waals surface area contributed by atoms with Gasteiger partial charge in [-0.25, -0.2) is 0 Å². The number of hydrogen-bond acceptors (Lipinski definition) is 3. The van der Waals surface area contributed by atoms with E-state index in [0.717, 1.165) is 27.0 Å². The Bertz CT molecular complexity index is 1210. The molecule has 0 aliphatic rings. The van der Waals surface area contributed by atoms with Crippen LogP contribution in [0.1, 0.15) is 32.9 Å². The maximum atomic E-state index is 12.6. The van der Waals surface area contributed by atoms with Crippen LogP contribution in [0, 0.1) is 13.8 Å². The summed E-state index contributed by atoms with van der Waals surface area (Å²) in [4.78, 5) is 12.6. The van der Waals surface area contributed by atoms with Crippen molar-refractivity contribution in [2.24, 2.45) is 0 Å². The van der Waals surface area contributed by atoms with Gasteiger partial charge in [0.25, 0.3) is 5.91 Å². The first-order chi connectivity index (χ1) is 14.9. The van der Waals surface area contributed by atoms with Crippen molar-refractivity contribution in [2.75, 3.05) is 5.32 Å². The molecule has 0 fully saturated rings. The van der Waals surface area contributed by atoms with Gasteiger partial charge in [0.2, 0.25) is 0 Å². The van der Waals surface area contributed by atoms with Crippen LogP contribution in [-0.2, 0) is 13.1 Å². The highest BCUT2D eigenvalue weighted by Gasteiger charge is 2.11. The predicted octanol–water partition coefficient (Wildman–Crippen LogP) is 5.46. The molecule has 2 heterocycles. The van der Waals surface area contributed by atoms with Gasteiger partial charge < -0.3 is 5.32 Å². The molecular formula is C23H21BrClN5O. The van der Waals surface area contributed by atoms with Crippen molar-refractivity contribution in [2.45, 2.75) is 26.9 Å². The normalized spacial score (nSPS) is 11.0. The van der Waals surface area contributed by atoms with Crippen LogP contribution in [0.5, 0.6) is 0 Å². The standard InChI is InChI=1S/C23H21BrClN5O/c1-15-22(25)16(2)30(28-15)13-18-3-7-19(8-4-18)23(31)27-21-11-26-29(14-21)12-17-5-9-20(24)10-6-17/h3-11,14H,12-13H2,1-2H3,(H,27,31). The lowest BCUT2D eigenvalue weighted by Gasteiger charge is -2.07. The molecular weight excluding hydrogens is 478 g/mol. The van der Waals surface area contributed by atoms with Gasteiger partial charge in [0.15, 0.2) is 0 Å². The van der Waals surface area contributed by atoms with Crippen LogP contribution in [0.2, 0.25) is 5.02 Å². The largest absolute Gasteiger partial charge is 0.319 e. The van der Waals surface area contributed by atoms with Crippen LogP contribution >= 0.6 is 27.5 Å². The van der Waals surface area contributed by atoms with Gasteiger partial charge >= 0.3 is 0 Å². The molecule has 8 heteroatoms. The highest BCUT2D eigenvalue weighted by atomic mass is 79.9. The van der Waals surface area contributed by atoms with E-state index >= 15 is 0 Å². The summed E-state index contributed by atoms with van der Waals surface area (Å²) in [7, 11) is 0. The van der Waals surface area contributed by atoms with Gasteiger partial charge in [-0.2, -0.15) is 10.2 Å². The number of carbonyl (C=O) groups excluding carboxylic acids is 1. The van der Waals surface area contributed by atoms with Gasteiger partial charge in [-0.1, -0.05) is 51.8 Å². The first kappa shape index (κ1) is 21.3. The van der Waals surface area contributed by atoms with Crippen molar-refractivity contribution in [3.05, 3.63) is 98.5 Å². The van der Waals surface area contributed by atoms with Crippen molar-refractivity contribution >= 4 is 39.1 Å². The summed E-state index contributed by atoms with van der Waals surface area (Å²) >= 11 is 9.65. The van der Waals surface area contributed by atoms with E-state index in [1.54, 1.807) is 10.9 Å². The second kappa shape index (κ2) is 9.08. The smallest absolute Gasteiger partial charge is 0.255 e. The Hall–Kier alpha value is -2.90. The van der Waals surface area contributed by atoms with Crippen LogP contribution in [0.15, 0.2) is 65.4 Å². The van der Waals surface area contributed by atoms with Crippen molar-refractivity contribution in [3.8, 4) is 0 Å². The molecule has 0 saturated carbocycles. The highest BCUT2D eigenvalue weighted by molar-refractivity contribution is 9.10. The molecule has 0 aliphatic carbocycles. The van der Waals surface area contributed by atoms with Gasteiger partial charge in [-0.05, 0) is 49.2 Å². The number of carbonyl (C=O) groups is 1. The van der Waals surface area contributed by atoms with Crippen molar-refractivity contribution in [1.29, 1.82) is 0 Å². The number of aromatic nitrogens is 4. The zero-order valence-electron chi connectivity index (χ0n) is 17.1. The van der Waals surface area contributed by atoms with Crippen LogP contribution in [0.4, 0.5) is 5.69 Å². The van der Waals surface area contributed by atoms with E-state index in [1.807, 2.05) is 73.3 Å². The fourth-order valence-corrected chi connectivity index (χ4v) is 3.66. The molecule has 1 N–H and O–H groups in total. The van der Waals surface area contributed by atoms with E-state index in [0.29, 0.717) is 29.4 Å². The van der Waals surface area contributed by atoms with Gasteiger partial charge in [-0.15, -0.1) is 0 Å². The number of halogens is 2. The Labute approximate surface area is 194 Å². The third-order valence-electron chi connectivity index (χ3n) is 4.99. The van der Waals surface area contributed by atoms with E-state index in [1.165, 1.54) is 0 Å². The first-order valence-corrected chi connectivity index (χ1v) is 10.9. The summed E-state index contributed by atoms with van der Waals surface area (Å²) in [5.41, 5.74) is 5.15. The molecule has 0 saturated heterocycles. The predicted molar refractivity (Wildman–Crippen MR) is 126 cm³/mol. The molecule has 6 nitrogen and oxygen atoms in total. The third kappa shape index (κ3) is 5.06. The molecule has 158 valence electrons. The number of anilines is 1. The summed E-state index contributed by atoms with van der Waals surface area (Å²) in [6, 6.07) is 15.5. The van der Waals surface area contributed by atoms with Crippen LogP contribution in [0.3, 0.4) is 0 Å². The third-order valence-corrected chi connectivity index (χ3v) is 6.07. The monoisotopic (exact) mass is 497 g/mol. The minimum absolute atomic E-state index is 0.177. The molecule has 31 heavy (non-hydrogen) atoms. The van der Waals surface area contributed by atoms with Crippen molar-refractivity contribution in [1.82, 2.24) is 19.6 Å². The van der Waals surface area contributed by atoms with E-state index in [-0.39, 0.29) is 5.91 Å². The Morgan fingerprint density at radius 2 is 1.68 bits per heavy atom. The van der Waals surface area contributed by atoms with E-state index in [2.05, 4.69) is 31.4 Å². The van der Waals surface area contributed by atoms with Crippen molar-refractivity contribution in [3.63, 3.8) is 0 Å². The van der Waals surface area contributed by atoms with Crippen LogP contribution in [0.25, 0.3) is 0 Å². The fraction of sp³-hybridized carbons (Fsp3) is 0.174. The van der Waals surface area contributed by atoms with Gasteiger partial charge in [0.1, 0.15) is 0 Å². The van der Waals surface area contributed by atoms with Gasteiger partial charge in [0.05, 0.1) is 41.4 Å². The molecule has 4 aromatic rings. The quantitative estimate of drug-likeness (QED) is 0.384. The fourth-order valence-electron chi connectivity index (χ4n) is 3.26. The molecule has 0 bridgehead atoms. The average Bonchev–Trinajstić information content (AvgIpc) is 3.29. The lowest BCUT2D eigenvalue weighted by Crippen LogP contribution is -2.12. The lowest BCUT2D eigenvalue weighted by molar-refractivity contribution is 0.102. The van der Waals surface area contributed by atoms with E-state index in [9.17, 15) is 4.79 Å². The van der Waals surface area contributed by atoms with Crippen LogP contribution in [-0.4, -0.2) is 25.5 Å². The summed E-state index contributed by atoms with van der Waals surface area (Å²) in [6.07, 6.45) is 3.47. The highest BCUT2D eigenvalue weighted by Crippen LogP contribution is 2.20. The summed E-state index contributed by atoms with van der Waals surface area (Å²) in [6.45, 7) is 5.07. The van der Waals surface area contributed by atoms with E-state index in [4.69, 9.17) is 11.6 Å². The number of benzene rings is 2. The molecule has 1 amide bonds. The van der Waals surface area contributed by atoms with Crippen LogP contribution < -0.4 is 5.32 Å². The number of hydrogen-bond donors (Lipinski definition) is 1. The van der Waals surface area contributed by atoms with Crippen molar-refractivity contribution < 1.29 is 4.79 Å². The first-order valence-electron chi connectivity index (χ1n) is 9.76. The second-order valence-electron chi connectivity index (χ2n) is 7.35. The van der Waals surface area contributed by atoms with Gasteiger partial charge in [-0.3, -0.25) is 14.2 Å². The number of aryl methyl sites for hydroxylation is 1. The molecule has 0 atom stereocenters. The zero-order chi connectivity index (χ0) is 22.0. The molecule has 4 rings (SSSR count). The Morgan fingerprint density at radius 3 is 2.32 bits per heavy atom. The molecule has 0 aliphatic heterocycles. The van der Waals surface area contributed by atoms with E-state index < -0.39 is 0 Å². The average molecular weight is 499 g/mol. The molecule has 2 aromatic carbocycles. The SMILES string of the molecule is Cc1nn(Cc2ccc(C(=O)Nc3cnn(Cc4ccc(Br)cc4)c3)cc2)c(C)c1Cl. The number of amides is 1. The second-order valence-corrected chi connectivity index (χ2v) is 8.64. The minimum Gasteiger partial charge on any atom is -0.319 e.